The number of rotatable bonds is 5. The third kappa shape index (κ3) is 4.47. The molecule has 10 heteroatoms. The molecule has 0 bridgehead atoms. The van der Waals surface area contributed by atoms with Crippen LogP contribution in [0.1, 0.15) is 71.0 Å². The molecule has 2 saturated carbocycles. The van der Waals surface area contributed by atoms with Crippen LogP contribution < -0.4 is 16.2 Å². The average molecular weight is 581 g/mol. The van der Waals surface area contributed by atoms with E-state index in [9.17, 15) is 14.4 Å². The second kappa shape index (κ2) is 10.2. The normalized spacial score (nSPS) is 20.8. The van der Waals surface area contributed by atoms with Crippen molar-refractivity contribution in [3.63, 3.8) is 0 Å². The fourth-order valence-corrected chi connectivity index (χ4v) is 6.57. The first-order chi connectivity index (χ1) is 19.2. The summed E-state index contributed by atoms with van der Waals surface area (Å²) in [6.07, 6.45) is 6.19. The van der Waals surface area contributed by atoms with Crippen molar-refractivity contribution >= 4 is 41.0 Å². The van der Waals surface area contributed by atoms with Gasteiger partial charge in [-0.2, -0.15) is 0 Å². The molecule has 3 aromatic rings. The molecule has 1 unspecified atom stereocenters. The number of amides is 2. The molecule has 2 atom stereocenters. The van der Waals surface area contributed by atoms with Crippen molar-refractivity contribution < 1.29 is 9.59 Å². The van der Waals surface area contributed by atoms with E-state index in [1.165, 1.54) is 25.7 Å². The molecule has 2 amide bonds. The molecule has 0 radical (unpaired) electrons. The Labute approximate surface area is 242 Å². The van der Waals surface area contributed by atoms with E-state index >= 15 is 0 Å². The Kier molecular flexibility index (Phi) is 6.87. The van der Waals surface area contributed by atoms with Gasteiger partial charge in [0, 0.05) is 35.8 Å². The van der Waals surface area contributed by atoms with Crippen LogP contribution in [-0.4, -0.2) is 45.4 Å². The highest BCUT2D eigenvalue weighted by Crippen LogP contribution is 2.56. The summed E-state index contributed by atoms with van der Waals surface area (Å²) in [6, 6.07) is 11.8. The van der Waals surface area contributed by atoms with Crippen molar-refractivity contribution in [3.05, 3.63) is 85.2 Å². The first-order valence-electron chi connectivity index (χ1n) is 13.7. The van der Waals surface area contributed by atoms with E-state index in [0.717, 1.165) is 6.42 Å². The maximum absolute atomic E-state index is 14.1. The highest BCUT2D eigenvalue weighted by Gasteiger charge is 2.51. The van der Waals surface area contributed by atoms with Gasteiger partial charge < -0.3 is 15.5 Å². The summed E-state index contributed by atoms with van der Waals surface area (Å²) in [5.41, 5.74) is 2.91. The molecule has 8 nitrogen and oxygen atoms in total. The van der Waals surface area contributed by atoms with Crippen molar-refractivity contribution in [2.75, 3.05) is 12.4 Å². The summed E-state index contributed by atoms with van der Waals surface area (Å²) in [7, 11) is 1.59. The van der Waals surface area contributed by atoms with Crippen LogP contribution >= 0.6 is 23.2 Å². The Morgan fingerprint density at radius 1 is 1.02 bits per heavy atom. The summed E-state index contributed by atoms with van der Waals surface area (Å²) in [5, 5.41) is 6.94. The number of hydrogen-bond acceptors (Lipinski definition) is 5. The highest BCUT2D eigenvalue weighted by molar-refractivity contribution is 6.42. The SMILES string of the molecule is CNC(=O)c1ccc(-n2c(NC3CCC34CCC4)nc3c(c2=O)C[C@@H](C)N(C(=O)c2ccc(Cl)c(Cl)c2)C3)cc1. The van der Waals surface area contributed by atoms with Gasteiger partial charge in [0.2, 0.25) is 5.95 Å². The minimum atomic E-state index is -0.225. The maximum Gasteiger partial charge on any atom is 0.263 e. The van der Waals surface area contributed by atoms with Crippen LogP contribution in [-0.2, 0) is 13.0 Å². The molecule has 1 aromatic heterocycles. The second-order valence-corrected chi connectivity index (χ2v) is 12.0. The lowest BCUT2D eigenvalue weighted by Gasteiger charge is -2.56. The number of halogens is 2. The minimum Gasteiger partial charge on any atom is -0.355 e. The number of carbonyl (C=O) groups excluding carboxylic acids is 2. The van der Waals surface area contributed by atoms with Crippen LogP contribution in [0.3, 0.4) is 0 Å². The summed E-state index contributed by atoms with van der Waals surface area (Å²) in [5.74, 6) is 0.0982. The van der Waals surface area contributed by atoms with Gasteiger partial charge in [-0.1, -0.05) is 29.6 Å². The van der Waals surface area contributed by atoms with E-state index in [4.69, 9.17) is 28.2 Å². The topological polar surface area (TPSA) is 96.3 Å². The van der Waals surface area contributed by atoms with E-state index in [1.807, 2.05) is 6.92 Å². The van der Waals surface area contributed by atoms with E-state index in [-0.39, 0.29) is 41.4 Å². The number of nitrogens with zero attached hydrogens (tertiary/aromatic N) is 3. The Hall–Kier alpha value is -3.36. The first kappa shape index (κ1) is 26.8. The van der Waals surface area contributed by atoms with Gasteiger partial charge in [0.15, 0.2) is 0 Å². The number of anilines is 1. The number of fused-ring (bicyclic) bond motifs is 1. The zero-order valence-electron chi connectivity index (χ0n) is 22.5. The standard InChI is InChI=1S/C30H31Cl2N5O3/c1-17-14-21-24(16-36(17)27(39)19-6-9-22(31)23(32)15-19)34-29(35-25-10-13-30(25)11-3-12-30)37(28(21)40)20-7-4-18(5-8-20)26(38)33-2/h4-9,15,17,25H,3,10-14,16H2,1-2H3,(H,33,38)(H,34,35)/t17-,25?/m1/s1. The molecule has 0 saturated heterocycles. The molecule has 1 aliphatic heterocycles. The monoisotopic (exact) mass is 579 g/mol. The smallest absolute Gasteiger partial charge is 0.263 e. The van der Waals surface area contributed by atoms with Crippen molar-refractivity contribution in [2.24, 2.45) is 5.41 Å². The fourth-order valence-electron chi connectivity index (χ4n) is 6.28. The first-order valence-corrected chi connectivity index (χ1v) is 14.5. The highest BCUT2D eigenvalue weighted by atomic mass is 35.5. The molecule has 2 heterocycles. The van der Waals surface area contributed by atoms with E-state index in [2.05, 4.69) is 10.6 Å². The van der Waals surface area contributed by atoms with Crippen molar-refractivity contribution in [1.29, 1.82) is 0 Å². The molecule has 1 spiro atoms. The quantitative estimate of drug-likeness (QED) is 0.431. The number of hydrogen-bond donors (Lipinski definition) is 2. The Balaban J connectivity index is 1.39. The molecule has 208 valence electrons. The van der Waals surface area contributed by atoms with Gasteiger partial charge in [0.25, 0.3) is 17.4 Å². The summed E-state index contributed by atoms with van der Waals surface area (Å²) in [6.45, 7) is 2.15. The number of nitrogens with one attached hydrogen (secondary N) is 2. The molecule has 2 aliphatic carbocycles. The third-order valence-corrected chi connectivity index (χ3v) is 9.72. The van der Waals surface area contributed by atoms with Crippen molar-refractivity contribution in [3.8, 4) is 5.69 Å². The number of carbonyl (C=O) groups is 2. The van der Waals surface area contributed by atoms with Gasteiger partial charge in [-0.15, -0.1) is 0 Å². The van der Waals surface area contributed by atoms with E-state index in [1.54, 1.807) is 59.0 Å². The molecule has 3 aliphatic rings. The van der Waals surface area contributed by atoms with Gasteiger partial charge in [-0.3, -0.25) is 14.4 Å². The van der Waals surface area contributed by atoms with Crippen LogP contribution in [0.4, 0.5) is 5.95 Å². The molecule has 2 aromatic carbocycles. The molecule has 40 heavy (non-hydrogen) atoms. The third-order valence-electron chi connectivity index (χ3n) is 8.98. The summed E-state index contributed by atoms with van der Waals surface area (Å²) >= 11 is 12.2. The Morgan fingerprint density at radius 2 is 1.75 bits per heavy atom. The van der Waals surface area contributed by atoms with Crippen LogP contribution in [0.2, 0.25) is 10.0 Å². The molecule has 2 N–H and O–H groups in total. The van der Waals surface area contributed by atoms with Gasteiger partial charge in [0.05, 0.1) is 28.0 Å². The molecular formula is C30H31Cl2N5O3. The van der Waals surface area contributed by atoms with E-state index in [0.29, 0.717) is 50.5 Å². The predicted octanol–water partition coefficient (Wildman–Crippen LogP) is 5.23. The van der Waals surface area contributed by atoms with Gasteiger partial charge in [-0.05, 0) is 86.9 Å². The second-order valence-electron chi connectivity index (χ2n) is 11.2. The Morgan fingerprint density at radius 3 is 2.35 bits per heavy atom. The van der Waals surface area contributed by atoms with Crippen molar-refractivity contribution in [2.45, 2.75) is 64.1 Å². The predicted molar refractivity (Wildman–Crippen MR) is 156 cm³/mol. The molecule has 6 rings (SSSR count). The largest absolute Gasteiger partial charge is 0.355 e. The Bertz CT molecular complexity index is 1560. The van der Waals surface area contributed by atoms with Crippen molar-refractivity contribution in [1.82, 2.24) is 19.8 Å². The zero-order chi connectivity index (χ0) is 28.2. The zero-order valence-corrected chi connectivity index (χ0v) is 24.0. The lowest BCUT2D eigenvalue weighted by atomic mass is 9.53. The maximum atomic E-state index is 14.1. The van der Waals surface area contributed by atoms with Crippen LogP contribution in [0.15, 0.2) is 47.3 Å². The lowest BCUT2D eigenvalue weighted by Crippen LogP contribution is -2.54. The van der Waals surface area contributed by atoms with E-state index < -0.39 is 0 Å². The molecule has 2 fully saturated rings. The fraction of sp³-hybridized carbons (Fsp3) is 0.400. The summed E-state index contributed by atoms with van der Waals surface area (Å²) in [4.78, 5) is 46.4. The van der Waals surface area contributed by atoms with Crippen LogP contribution in [0.25, 0.3) is 5.69 Å². The number of benzene rings is 2. The summed E-state index contributed by atoms with van der Waals surface area (Å²) < 4.78 is 1.63. The van der Waals surface area contributed by atoms with Crippen LogP contribution in [0, 0.1) is 5.41 Å². The number of aromatic nitrogens is 2. The van der Waals surface area contributed by atoms with Crippen LogP contribution in [0.5, 0.6) is 0 Å². The van der Waals surface area contributed by atoms with Gasteiger partial charge in [-0.25, -0.2) is 9.55 Å². The molecular weight excluding hydrogens is 549 g/mol. The lowest BCUT2D eigenvalue weighted by molar-refractivity contribution is 0.0125. The average Bonchev–Trinajstić information content (AvgIpc) is 2.91. The van der Waals surface area contributed by atoms with Gasteiger partial charge in [0.1, 0.15) is 0 Å². The van der Waals surface area contributed by atoms with Gasteiger partial charge >= 0.3 is 0 Å². The minimum absolute atomic E-state index is 0.157.